The molecule has 0 saturated carbocycles. The molecule has 8 heteroatoms. The van der Waals surface area contributed by atoms with Gasteiger partial charge in [-0.05, 0) is 35.7 Å². The summed E-state index contributed by atoms with van der Waals surface area (Å²) in [7, 11) is 1.78. The van der Waals surface area contributed by atoms with E-state index in [0.29, 0.717) is 22.3 Å². The fourth-order valence-electron chi connectivity index (χ4n) is 3.20. The third-order valence-electron chi connectivity index (χ3n) is 4.65. The van der Waals surface area contributed by atoms with Crippen LogP contribution in [-0.2, 0) is 7.05 Å². The molecule has 0 fully saturated rings. The van der Waals surface area contributed by atoms with E-state index in [1.807, 2.05) is 29.6 Å². The average molecular weight is 405 g/mol. The summed E-state index contributed by atoms with van der Waals surface area (Å²) in [6, 6.07) is 16.2. The van der Waals surface area contributed by atoms with E-state index in [1.54, 1.807) is 23.7 Å². The Morgan fingerprint density at radius 1 is 1.07 bits per heavy atom. The number of amides is 1. The van der Waals surface area contributed by atoms with Gasteiger partial charge in [0.05, 0.1) is 16.0 Å². The number of benzene rings is 2. The molecule has 1 N–H and O–H groups in total. The zero-order chi connectivity index (χ0) is 20.5. The topological polar surface area (TPSA) is 94.2 Å². The van der Waals surface area contributed by atoms with Gasteiger partial charge in [-0.2, -0.15) is 0 Å². The molecule has 2 heterocycles. The maximum absolute atomic E-state index is 13.2. The Morgan fingerprint density at radius 3 is 2.45 bits per heavy atom. The Hall–Kier alpha value is -3.78. The first-order valence-electron chi connectivity index (χ1n) is 8.69. The molecular formula is C21H15N3O4S. The van der Waals surface area contributed by atoms with Crippen molar-refractivity contribution in [1.82, 2.24) is 4.57 Å². The van der Waals surface area contributed by atoms with Crippen molar-refractivity contribution in [3.8, 4) is 10.4 Å². The van der Waals surface area contributed by atoms with E-state index in [2.05, 4.69) is 5.32 Å². The molecule has 0 aliphatic heterocycles. The number of nitrogens with zero attached hydrogens (tertiary/aromatic N) is 2. The highest BCUT2D eigenvalue weighted by Gasteiger charge is 2.20. The van der Waals surface area contributed by atoms with Gasteiger partial charge in [-0.3, -0.25) is 19.7 Å². The smallest absolute Gasteiger partial charge is 0.269 e. The highest BCUT2D eigenvalue weighted by atomic mass is 32.1. The van der Waals surface area contributed by atoms with Gasteiger partial charge in [-0.15, -0.1) is 11.3 Å². The second-order valence-electron chi connectivity index (χ2n) is 6.36. The lowest BCUT2D eigenvalue weighted by atomic mass is 10.1. The Morgan fingerprint density at radius 2 is 1.79 bits per heavy atom. The van der Waals surface area contributed by atoms with Crippen LogP contribution in [0, 0.1) is 10.1 Å². The van der Waals surface area contributed by atoms with Gasteiger partial charge < -0.3 is 9.88 Å². The third kappa shape index (κ3) is 3.30. The molecular weight excluding hydrogens is 390 g/mol. The lowest BCUT2D eigenvalue weighted by molar-refractivity contribution is -0.384. The van der Waals surface area contributed by atoms with Crippen molar-refractivity contribution < 1.29 is 9.72 Å². The summed E-state index contributed by atoms with van der Waals surface area (Å²) in [6.45, 7) is 0. The van der Waals surface area contributed by atoms with E-state index in [-0.39, 0.29) is 16.7 Å². The summed E-state index contributed by atoms with van der Waals surface area (Å²) >= 11 is 1.41. The van der Waals surface area contributed by atoms with Crippen LogP contribution in [0.1, 0.15) is 10.4 Å². The average Bonchev–Trinajstić information content (AvgIpc) is 3.26. The molecule has 0 aliphatic rings. The second-order valence-corrected chi connectivity index (χ2v) is 7.31. The number of nitrogens with one attached hydrogen (secondary N) is 1. The second kappa shape index (κ2) is 7.33. The maximum atomic E-state index is 13.2. The molecule has 1 amide bonds. The van der Waals surface area contributed by atoms with Crippen LogP contribution in [0.15, 0.2) is 70.8 Å². The van der Waals surface area contributed by atoms with Crippen LogP contribution in [0.3, 0.4) is 0 Å². The van der Waals surface area contributed by atoms with Crippen LogP contribution < -0.4 is 10.7 Å². The van der Waals surface area contributed by atoms with Crippen molar-refractivity contribution in [2.75, 3.05) is 5.32 Å². The lowest BCUT2D eigenvalue weighted by Crippen LogP contribution is -2.21. The Bertz CT molecular complexity index is 1290. The molecule has 0 radical (unpaired) electrons. The van der Waals surface area contributed by atoms with Crippen molar-refractivity contribution in [1.29, 1.82) is 0 Å². The molecule has 144 valence electrons. The summed E-state index contributed by atoms with van der Waals surface area (Å²) in [5.74, 6) is -0.0810. The number of pyridine rings is 1. The first-order chi connectivity index (χ1) is 14.0. The number of hydrogen-bond donors (Lipinski definition) is 1. The van der Waals surface area contributed by atoms with Crippen LogP contribution in [0.4, 0.5) is 11.5 Å². The van der Waals surface area contributed by atoms with Crippen LogP contribution in [0.25, 0.3) is 21.3 Å². The third-order valence-corrected chi connectivity index (χ3v) is 5.54. The zero-order valence-corrected chi connectivity index (χ0v) is 16.1. The molecule has 0 atom stereocenters. The number of aromatic nitrogens is 1. The molecule has 7 nitrogen and oxygen atoms in total. The van der Waals surface area contributed by atoms with E-state index >= 15 is 0 Å². The minimum absolute atomic E-state index is 0.0982. The number of anilines is 1. The van der Waals surface area contributed by atoms with Crippen molar-refractivity contribution in [3.63, 3.8) is 0 Å². The zero-order valence-electron chi connectivity index (χ0n) is 15.3. The van der Waals surface area contributed by atoms with Crippen molar-refractivity contribution in [3.05, 3.63) is 91.9 Å². The molecule has 0 saturated heterocycles. The minimum atomic E-state index is -0.524. The number of fused-ring (bicyclic) bond motifs is 1. The summed E-state index contributed by atoms with van der Waals surface area (Å²) in [5.41, 5.74) is 1.10. The van der Waals surface area contributed by atoms with Crippen molar-refractivity contribution in [2.45, 2.75) is 0 Å². The van der Waals surface area contributed by atoms with E-state index in [4.69, 9.17) is 0 Å². The molecule has 2 aromatic heterocycles. The van der Waals surface area contributed by atoms with Crippen molar-refractivity contribution in [2.24, 2.45) is 7.05 Å². The number of non-ortho nitro benzene ring substituents is 1. The van der Waals surface area contributed by atoms with Crippen LogP contribution >= 0.6 is 11.3 Å². The number of para-hydroxylation sites is 1. The highest BCUT2D eigenvalue weighted by molar-refractivity contribution is 7.13. The number of nitro benzene ring substituents is 1. The molecule has 0 spiro atoms. The summed E-state index contributed by atoms with van der Waals surface area (Å²) in [5, 5.41) is 16.1. The van der Waals surface area contributed by atoms with Gasteiger partial charge in [0.15, 0.2) is 5.43 Å². The monoisotopic (exact) mass is 405 g/mol. The Kier molecular flexibility index (Phi) is 4.69. The highest BCUT2D eigenvalue weighted by Crippen LogP contribution is 2.31. The largest absolute Gasteiger partial charge is 0.330 e. The molecule has 29 heavy (non-hydrogen) atoms. The normalized spacial score (nSPS) is 10.8. The molecule has 4 aromatic rings. The number of carbonyl (C=O) groups is 1. The molecule has 4 rings (SSSR count). The maximum Gasteiger partial charge on any atom is 0.269 e. The number of rotatable bonds is 4. The van der Waals surface area contributed by atoms with Crippen LogP contribution in [-0.4, -0.2) is 15.4 Å². The Labute approximate surface area is 169 Å². The quantitative estimate of drug-likeness (QED) is 0.401. The van der Waals surface area contributed by atoms with Gasteiger partial charge in [-0.25, -0.2) is 0 Å². The molecule has 0 bridgehead atoms. The SMILES string of the molecule is Cn1c(NC(=O)c2ccc([N+](=O)[O-])cc2)c(-c2cccs2)c(=O)c2ccccc21. The van der Waals surface area contributed by atoms with E-state index in [0.717, 1.165) is 4.88 Å². The first kappa shape index (κ1) is 18.6. The van der Waals surface area contributed by atoms with E-state index in [1.165, 1.54) is 35.6 Å². The molecule has 2 aromatic carbocycles. The molecule has 0 unspecified atom stereocenters. The fraction of sp³-hybridized carbons (Fsp3) is 0.0476. The summed E-state index contributed by atoms with van der Waals surface area (Å²) in [6.07, 6.45) is 0. The predicted octanol–water partition coefficient (Wildman–Crippen LogP) is 4.43. The number of carbonyl (C=O) groups excluding carboxylic acids is 1. The van der Waals surface area contributed by atoms with Gasteiger partial charge in [-0.1, -0.05) is 18.2 Å². The number of thiophene rings is 1. The van der Waals surface area contributed by atoms with Gasteiger partial charge in [0, 0.05) is 35.0 Å². The summed E-state index contributed by atoms with van der Waals surface area (Å²) in [4.78, 5) is 37.1. The van der Waals surface area contributed by atoms with Gasteiger partial charge >= 0.3 is 0 Å². The Balaban J connectivity index is 1.85. The van der Waals surface area contributed by atoms with E-state index < -0.39 is 10.8 Å². The fourth-order valence-corrected chi connectivity index (χ4v) is 3.97. The summed E-state index contributed by atoms with van der Waals surface area (Å²) < 4.78 is 1.77. The predicted molar refractivity (Wildman–Crippen MR) is 114 cm³/mol. The van der Waals surface area contributed by atoms with Gasteiger partial charge in [0.25, 0.3) is 11.6 Å². The van der Waals surface area contributed by atoms with Crippen LogP contribution in [0.5, 0.6) is 0 Å². The first-order valence-corrected chi connectivity index (χ1v) is 9.56. The lowest BCUT2D eigenvalue weighted by Gasteiger charge is -2.17. The standard InChI is InChI=1S/C21H15N3O4S/c1-23-16-6-3-2-5-15(16)19(25)18(17-7-4-12-29-17)20(23)22-21(26)13-8-10-14(11-9-13)24(27)28/h2-12H,1H3,(H,22,26). The molecule has 0 aliphatic carbocycles. The van der Waals surface area contributed by atoms with Crippen LogP contribution in [0.2, 0.25) is 0 Å². The minimum Gasteiger partial charge on any atom is -0.330 e. The van der Waals surface area contributed by atoms with E-state index in [9.17, 15) is 19.7 Å². The van der Waals surface area contributed by atoms with Gasteiger partial charge in [0.1, 0.15) is 5.82 Å². The van der Waals surface area contributed by atoms with Crippen molar-refractivity contribution >= 4 is 39.7 Å². The van der Waals surface area contributed by atoms with Gasteiger partial charge in [0.2, 0.25) is 0 Å². The number of nitro groups is 1. The number of aryl methyl sites for hydroxylation is 1. The number of hydrogen-bond acceptors (Lipinski definition) is 5.